The Morgan fingerprint density at radius 1 is 1.39 bits per heavy atom. The van der Waals surface area contributed by atoms with Crippen molar-refractivity contribution in [1.82, 2.24) is 15.2 Å². The largest absolute Gasteiger partial charge is 0.466 e. The average Bonchev–Trinajstić information content (AvgIpc) is 3.00. The van der Waals surface area contributed by atoms with Crippen molar-refractivity contribution in [3.63, 3.8) is 0 Å². The van der Waals surface area contributed by atoms with Crippen molar-refractivity contribution in [2.24, 2.45) is 5.92 Å². The standard InChI is InChI=1S/C15H19N3O5/c1-2-22-15(21)10-7-18(8-12(19)14(10)20)6-9-4-3-5-11-13(9)17-23-16-11/h3-5,10,12,14,19-20H,2,6-8H2,1H3. The van der Waals surface area contributed by atoms with Gasteiger partial charge in [-0.05, 0) is 28.9 Å². The maximum Gasteiger partial charge on any atom is 0.312 e. The van der Waals surface area contributed by atoms with E-state index in [-0.39, 0.29) is 13.2 Å². The summed E-state index contributed by atoms with van der Waals surface area (Å²) in [6.07, 6.45) is -2.12. The van der Waals surface area contributed by atoms with Crippen LogP contribution in [0.15, 0.2) is 22.8 Å². The van der Waals surface area contributed by atoms with Crippen molar-refractivity contribution in [3.8, 4) is 0 Å². The lowest BCUT2D eigenvalue weighted by atomic mass is 9.92. The van der Waals surface area contributed by atoms with Crippen molar-refractivity contribution in [1.29, 1.82) is 0 Å². The summed E-state index contributed by atoms with van der Waals surface area (Å²) in [5.41, 5.74) is 2.19. The number of hydrogen-bond donors (Lipinski definition) is 2. The molecule has 1 aliphatic rings. The number of aliphatic hydroxyl groups excluding tert-OH is 2. The number of esters is 1. The lowest BCUT2D eigenvalue weighted by Gasteiger charge is -2.38. The molecule has 8 heteroatoms. The molecule has 0 bridgehead atoms. The number of β-amino-alcohol motifs (C(OH)–C–C–N with tert-alkyl or cyclic N) is 1. The number of carbonyl (C=O) groups excluding carboxylic acids is 1. The molecule has 2 N–H and O–H groups in total. The van der Waals surface area contributed by atoms with Gasteiger partial charge in [-0.3, -0.25) is 9.69 Å². The van der Waals surface area contributed by atoms with E-state index in [1.165, 1.54) is 0 Å². The summed E-state index contributed by atoms with van der Waals surface area (Å²) in [6.45, 7) is 2.98. The zero-order valence-electron chi connectivity index (χ0n) is 12.8. The summed E-state index contributed by atoms with van der Waals surface area (Å²) in [5.74, 6) is -1.27. The van der Waals surface area contributed by atoms with Gasteiger partial charge in [0, 0.05) is 19.6 Å². The normalized spacial score (nSPS) is 25.6. The van der Waals surface area contributed by atoms with E-state index in [2.05, 4.69) is 10.3 Å². The first-order valence-electron chi connectivity index (χ1n) is 7.55. The molecule has 0 saturated carbocycles. The van der Waals surface area contributed by atoms with Crippen LogP contribution >= 0.6 is 0 Å². The van der Waals surface area contributed by atoms with Gasteiger partial charge in [0.15, 0.2) is 0 Å². The molecule has 1 saturated heterocycles. The first kappa shape index (κ1) is 15.9. The predicted molar refractivity (Wildman–Crippen MR) is 79.2 cm³/mol. The van der Waals surface area contributed by atoms with Crippen LogP contribution in [0.4, 0.5) is 0 Å². The van der Waals surface area contributed by atoms with Crippen LogP contribution in [0.3, 0.4) is 0 Å². The molecule has 0 radical (unpaired) electrons. The number of ether oxygens (including phenoxy) is 1. The van der Waals surface area contributed by atoms with Crippen LogP contribution in [-0.4, -0.2) is 63.3 Å². The molecular formula is C15H19N3O5. The van der Waals surface area contributed by atoms with Crippen LogP contribution in [0.5, 0.6) is 0 Å². The van der Waals surface area contributed by atoms with Gasteiger partial charge >= 0.3 is 5.97 Å². The molecule has 23 heavy (non-hydrogen) atoms. The summed E-state index contributed by atoms with van der Waals surface area (Å²) < 4.78 is 9.72. The first-order valence-corrected chi connectivity index (χ1v) is 7.55. The van der Waals surface area contributed by atoms with E-state index in [0.717, 1.165) is 5.56 Å². The maximum atomic E-state index is 12.0. The Morgan fingerprint density at radius 2 is 2.22 bits per heavy atom. The fourth-order valence-electron chi connectivity index (χ4n) is 2.92. The molecule has 3 unspecified atom stereocenters. The van der Waals surface area contributed by atoms with Crippen molar-refractivity contribution >= 4 is 17.0 Å². The van der Waals surface area contributed by atoms with Crippen LogP contribution in [0.25, 0.3) is 11.0 Å². The van der Waals surface area contributed by atoms with Crippen molar-refractivity contribution in [2.45, 2.75) is 25.7 Å². The molecule has 1 aromatic heterocycles. The molecule has 3 rings (SSSR count). The molecule has 0 amide bonds. The number of hydrogen-bond acceptors (Lipinski definition) is 8. The Balaban J connectivity index is 1.77. The van der Waals surface area contributed by atoms with Gasteiger partial charge in [-0.25, -0.2) is 4.63 Å². The summed E-state index contributed by atoms with van der Waals surface area (Å²) >= 11 is 0. The van der Waals surface area contributed by atoms with E-state index in [1.807, 2.05) is 17.0 Å². The van der Waals surface area contributed by atoms with Crippen molar-refractivity contribution < 1.29 is 24.4 Å². The second-order valence-corrected chi connectivity index (χ2v) is 5.66. The minimum atomic E-state index is -1.12. The number of likely N-dealkylation sites (tertiary alicyclic amines) is 1. The van der Waals surface area contributed by atoms with E-state index in [4.69, 9.17) is 9.37 Å². The second-order valence-electron chi connectivity index (χ2n) is 5.66. The van der Waals surface area contributed by atoms with E-state index in [9.17, 15) is 15.0 Å². The zero-order valence-corrected chi connectivity index (χ0v) is 12.8. The summed E-state index contributed by atoms with van der Waals surface area (Å²) in [6, 6.07) is 5.54. The number of aromatic nitrogens is 2. The summed E-state index contributed by atoms with van der Waals surface area (Å²) in [4.78, 5) is 13.9. The molecule has 1 aromatic carbocycles. The second kappa shape index (κ2) is 6.61. The van der Waals surface area contributed by atoms with E-state index < -0.39 is 24.1 Å². The maximum absolute atomic E-state index is 12.0. The molecule has 0 spiro atoms. The molecule has 2 aromatic rings. The van der Waals surface area contributed by atoms with Crippen molar-refractivity contribution in [2.75, 3.05) is 19.7 Å². The van der Waals surface area contributed by atoms with E-state index in [1.54, 1.807) is 13.0 Å². The van der Waals surface area contributed by atoms with Crippen LogP contribution < -0.4 is 0 Å². The number of rotatable bonds is 4. The van der Waals surface area contributed by atoms with Crippen molar-refractivity contribution in [3.05, 3.63) is 23.8 Å². The molecular weight excluding hydrogens is 302 g/mol. The number of carbonyl (C=O) groups is 1. The molecule has 1 fully saturated rings. The Hall–Kier alpha value is -2.03. The molecule has 2 heterocycles. The molecule has 124 valence electrons. The molecule has 0 aliphatic carbocycles. The van der Waals surface area contributed by atoms with Crippen LogP contribution in [0.1, 0.15) is 12.5 Å². The third-order valence-corrected chi connectivity index (χ3v) is 4.06. The lowest BCUT2D eigenvalue weighted by Crippen LogP contribution is -2.54. The number of fused-ring (bicyclic) bond motifs is 1. The predicted octanol–water partition coefficient (Wildman–Crippen LogP) is -0.0605. The topological polar surface area (TPSA) is 109 Å². The highest BCUT2D eigenvalue weighted by atomic mass is 16.6. The van der Waals surface area contributed by atoms with E-state index in [0.29, 0.717) is 24.1 Å². The van der Waals surface area contributed by atoms with Crippen LogP contribution in [0, 0.1) is 5.92 Å². The van der Waals surface area contributed by atoms with Crippen LogP contribution in [-0.2, 0) is 16.1 Å². The zero-order chi connectivity index (χ0) is 16.4. The highest BCUT2D eigenvalue weighted by Gasteiger charge is 2.39. The fourth-order valence-corrected chi connectivity index (χ4v) is 2.92. The fraction of sp³-hybridized carbons (Fsp3) is 0.533. The minimum Gasteiger partial charge on any atom is -0.466 e. The Bertz CT molecular complexity index is 689. The lowest BCUT2D eigenvalue weighted by molar-refractivity contribution is -0.162. The molecule has 3 atom stereocenters. The highest BCUT2D eigenvalue weighted by molar-refractivity contribution is 5.77. The van der Waals surface area contributed by atoms with Gasteiger partial charge in [0.2, 0.25) is 0 Å². The summed E-state index contributed by atoms with van der Waals surface area (Å²) in [5, 5.41) is 27.8. The number of aliphatic hydroxyl groups is 2. The van der Waals surface area contributed by atoms with Crippen LogP contribution in [0.2, 0.25) is 0 Å². The number of piperidine rings is 1. The average molecular weight is 321 g/mol. The van der Waals surface area contributed by atoms with Gasteiger partial charge < -0.3 is 14.9 Å². The number of nitrogens with zero attached hydrogens (tertiary/aromatic N) is 3. The van der Waals surface area contributed by atoms with Gasteiger partial charge in [0.05, 0.1) is 24.7 Å². The van der Waals surface area contributed by atoms with Gasteiger partial charge in [-0.15, -0.1) is 0 Å². The third-order valence-electron chi connectivity index (χ3n) is 4.06. The SMILES string of the molecule is CCOC(=O)C1CN(Cc2cccc3nonc23)CC(O)C1O. The van der Waals surface area contributed by atoms with Gasteiger partial charge in [0.1, 0.15) is 11.0 Å². The number of benzene rings is 1. The first-order chi connectivity index (χ1) is 11.1. The Kier molecular flexibility index (Phi) is 4.56. The van der Waals surface area contributed by atoms with E-state index >= 15 is 0 Å². The minimum absolute atomic E-state index is 0.238. The van der Waals surface area contributed by atoms with Gasteiger partial charge in [-0.2, -0.15) is 0 Å². The third kappa shape index (κ3) is 3.19. The monoisotopic (exact) mass is 321 g/mol. The van der Waals surface area contributed by atoms with Gasteiger partial charge in [-0.1, -0.05) is 12.1 Å². The highest BCUT2D eigenvalue weighted by Crippen LogP contribution is 2.23. The smallest absolute Gasteiger partial charge is 0.312 e. The summed E-state index contributed by atoms with van der Waals surface area (Å²) in [7, 11) is 0. The Morgan fingerprint density at radius 3 is 3.00 bits per heavy atom. The Labute approximate surface area is 132 Å². The quantitative estimate of drug-likeness (QED) is 0.754. The molecule has 8 nitrogen and oxygen atoms in total. The van der Waals surface area contributed by atoms with Gasteiger partial charge in [0.25, 0.3) is 0 Å². The molecule has 1 aliphatic heterocycles.